The van der Waals surface area contributed by atoms with Gasteiger partial charge in [0.1, 0.15) is 10.6 Å². The first-order valence-corrected chi connectivity index (χ1v) is 9.96. The molecule has 13 heteroatoms. The van der Waals surface area contributed by atoms with Crippen LogP contribution in [0.15, 0.2) is 35.2 Å². The topological polar surface area (TPSA) is 113 Å². The van der Waals surface area contributed by atoms with Gasteiger partial charge in [0.2, 0.25) is 0 Å². The summed E-state index contributed by atoms with van der Waals surface area (Å²) in [7, 11) is -10.2. The van der Waals surface area contributed by atoms with Crippen LogP contribution in [0.1, 0.15) is 22.8 Å². The summed E-state index contributed by atoms with van der Waals surface area (Å²) in [6, 6.07) is 2.24. The molecule has 0 bridgehead atoms. The average Bonchev–Trinajstić information content (AvgIpc) is 2.57. The smallest absolute Gasteiger partial charge is 0.343 e. The van der Waals surface area contributed by atoms with Gasteiger partial charge < -0.3 is 24.8 Å². The van der Waals surface area contributed by atoms with Gasteiger partial charge in [-0.15, -0.1) is 0 Å². The van der Waals surface area contributed by atoms with Crippen molar-refractivity contribution in [3.05, 3.63) is 41.5 Å². The predicted molar refractivity (Wildman–Crippen MR) is 94.6 cm³/mol. The van der Waals surface area contributed by atoms with Gasteiger partial charge in [-0.25, -0.2) is 4.79 Å². The molecule has 0 fully saturated rings. The van der Waals surface area contributed by atoms with Crippen LogP contribution in [0.5, 0.6) is 23.0 Å². The minimum atomic E-state index is -10.2. The van der Waals surface area contributed by atoms with E-state index in [1.54, 1.807) is 0 Å². The number of rotatable bonds is 6. The van der Waals surface area contributed by atoms with E-state index in [2.05, 4.69) is 4.74 Å². The lowest BCUT2D eigenvalue weighted by molar-refractivity contribution is -0.142. The fourth-order valence-corrected chi connectivity index (χ4v) is 3.34. The minimum Gasteiger partial charge on any atom is -0.504 e. The maximum Gasteiger partial charge on any atom is 0.343 e. The Morgan fingerprint density at radius 3 is 2.03 bits per heavy atom. The van der Waals surface area contributed by atoms with Crippen molar-refractivity contribution in [2.24, 2.45) is 0 Å². The Balaban J connectivity index is 2.45. The van der Waals surface area contributed by atoms with E-state index in [0.29, 0.717) is 24.3 Å². The third-order valence-electron chi connectivity index (χ3n) is 3.60. The van der Waals surface area contributed by atoms with Crippen LogP contribution in [0.25, 0.3) is 0 Å². The Bertz CT molecular complexity index is 999. The Kier molecular flexibility index (Phi) is 5.33. The SMILES string of the molecule is CCOC(=O)Cc1cc(OC(=O)c2cc(O)c(O)c(O)c2)ccc1S(F)(F)(F)(F)F. The molecular weight excluding hydrogens is 443 g/mol. The van der Waals surface area contributed by atoms with Crippen LogP contribution in [-0.4, -0.2) is 33.9 Å². The number of phenolic OH excluding ortho intramolecular Hbond substituents is 3. The number of halogens is 5. The second-order valence-corrected chi connectivity index (χ2v) is 8.35. The fourth-order valence-electron chi connectivity index (χ4n) is 2.39. The molecule has 3 N–H and O–H groups in total. The van der Waals surface area contributed by atoms with Crippen molar-refractivity contribution >= 4 is 22.2 Å². The normalized spacial score (nSPS) is 13.8. The summed E-state index contributed by atoms with van der Waals surface area (Å²) in [6.45, 7) is 1.16. The van der Waals surface area contributed by atoms with Gasteiger partial charge >= 0.3 is 22.2 Å². The molecule has 0 aliphatic carbocycles. The fraction of sp³-hybridized carbons (Fsp3) is 0.176. The van der Waals surface area contributed by atoms with Gasteiger partial charge in [0.15, 0.2) is 17.2 Å². The monoisotopic (exact) mass is 458 g/mol. The van der Waals surface area contributed by atoms with Crippen LogP contribution >= 0.6 is 10.2 Å². The summed E-state index contributed by atoms with van der Waals surface area (Å²) >= 11 is 0. The molecule has 2 aromatic rings. The van der Waals surface area contributed by atoms with E-state index in [1.807, 2.05) is 0 Å². The molecule has 2 aromatic carbocycles. The number of carbonyl (C=O) groups excluding carboxylic acids is 2. The van der Waals surface area contributed by atoms with E-state index in [1.165, 1.54) is 6.92 Å². The second kappa shape index (κ2) is 6.93. The van der Waals surface area contributed by atoms with Crippen LogP contribution in [0.2, 0.25) is 0 Å². The molecule has 0 aromatic heterocycles. The Labute approximate surface area is 166 Å². The molecule has 0 atom stereocenters. The number of carbonyl (C=O) groups is 2. The highest BCUT2D eigenvalue weighted by molar-refractivity contribution is 8.45. The van der Waals surface area contributed by atoms with E-state index in [9.17, 15) is 44.3 Å². The van der Waals surface area contributed by atoms with Crippen molar-refractivity contribution in [3.8, 4) is 23.0 Å². The van der Waals surface area contributed by atoms with Crippen molar-refractivity contribution in [1.82, 2.24) is 0 Å². The maximum absolute atomic E-state index is 13.3. The number of hydrogen-bond acceptors (Lipinski definition) is 7. The van der Waals surface area contributed by atoms with Gasteiger partial charge in [-0.1, -0.05) is 19.4 Å². The first kappa shape index (κ1) is 23.1. The summed E-state index contributed by atoms with van der Waals surface area (Å²) < 4.78 is 75.7. The van der Waals surface area contributed by atoms with Gasteiger partial charge in [0, 0.05) is 0 Å². The Morgan fingerprint density at radius 2 is 1.53 bits per heavy atom. The van der Waals surface area contributed by atoms with Crippen LogP contribution in [0.4, 0.5) is 19.4 Å². The lowest BCUT2D eigenvalue weighted by Crippen LogP contribution is -2.15. The van der Waals surface area contributed by atoms with Crippen molar-refractivity contribution in [2.45, 2.75) is 18.2 Å². The van der Waals surface area contributed by atoms with Crippen LogP contribution in [0.3, 0.4) is 0 Å². The number of benzene rings is 2. The standard InChI is InChI=1S/C17H15F5O7S/c1-2-28-15(25)8-9-5-11(3-4-14(9)30(18,19,20,21)22)29-17(27)10-6-12(23)16(26)13(24)7-10/h3-7,23-24,26H,2,8H2,1H3. The molecular formula is C17H15F5O7S. The van der Waals surface area contributed by atoms with Crippen LogP contribution in [-0.2, 0) is 16.0 Å². The Morgan fingerprint density at radius 1 is 0.967 bits per heavy atom. The molecule has 0 amide bonds. The van der Waals surface area contributed by atoms with Gasteiger partial charge in [0.05, 0.1) is 18.6 Å². The first-order valence-electron chi connectivity index (χ1n) is 8.01. The van der Waals surface area contributed by atoms with Crippen LogP contribution in [0, 0.1) is 0 Å². The summed E-state index contributed by atoms with van der Waals surface area (Å²) in [5, 5.41) is 28.0. The largest absolute Gasteiger partial charge is 0.504 e. The number of ether oxygens (including phenoxy) is 2. The lowest BCUT2D eigenvalue weighted by Gasteiger charge is -2.41. The van der Waals surface area contributed by atoms with E-state index < -0.39 is 67.6 Å². The van der Waals surface area contributed by atoms with Crippen LogP contribution < -0.4 is 4.74 Å². The van der Waals surface area contributed by atoms with Crippen molar-refractivity contribution in [1.29, 1.82) is 0 Å². The predicted octanol–water partition coefficient (Wildman–Crippen LogP) is 4.79. The highest BCUT2D eigenvalue weighted by Gasteiger charge is 2.66. The molecule has 0 saturated heterocycles. The summed E-state index contributed by atoms with van der Waals surface area (Å²) in [5.74, 6) is -5.84. The molecule has 0 saturated carbocycles. The minimum absolute atomic E-state index is 0.0233. The van der Waals surface area contributed by atoms with E-state index in [4.69, 9.17) is 4.74 Å². The zero-order chi connectivity index (χ0) is 23.0. The number of aromatic hydroxyl groups is 3. The first-order chi connectivity index (χ1) is 13.5. The molecule has 0 heterocycles. The molecule has 0 unspecified atom stereocenters. The zero-order valence-corrected chi connectivity index (χ0v) is 15.9. The molecule has 0 aliphatic rings. The molecule has 166 valence electrons. The number of esters is 2. The molecule has 0 radical (unpaired) electrons. The van der Waals surface area contributed by atoms with Gasteiger partial charge in [-0.2, -0.15) is 0 Å². The molecule has 30 heavy (non-hydrogen) atoms. The van der Waals surface area contributed by atoms with Crippen molar-refractivity contribution < 1.29 is 53.8 Å². The average molecular weight is 458 g/mol. The third kappa shape index (κ3) is 5.43. The number of phenols is 3. The maximum atomic E-state index is 13.3. The van der Waals surface area contributed by atoms with E-state index >= 15 is 0 Å². The summed E-state index contributed by atoms with van der Waals surface area (Å²) in [4.78, 5) is 21.3. The third-order valence-corrected chi connectivity index (χ3v) is 4.83. The molecule has 0 spiro atoms. The molecule has 2 rings (SSSR count). The zero-order valence-electron chi connectivity index (χ0n) is 15.1. The van der Waals surface area contributed by atoms with Crippen molar-refractivity contribution in [3.63, 3.8) is 0 Å². The van der Waals surface area contributed by atoms with Crippen molar-refractivity contribution in [2.75, 3.05) is 6.61 Å². The quantitative estimate of drug-likeness (QED) is 0.247. The van der Waals surface area contributed by atoms with Gasteiger partial charge in [-0.05, 0) is 42.8 Å². The molecule has 0 aliphatic heterocycles. The summed E-state index contributed by atoms with van der Waals surface area (Å²) in [6.07, 6.45) is -1.17. The number of hydrogen-bond donors (Lipinski definition) is 3. The molecule has 7 nitrogen and oxygen atoms in total. The van der Waals surface area contributed by atoms with Gasteiger partial charge in [-0.3, -0.25) is 4.79 Å². The highest BCUT2D eigenvalue weighted by atomic mass is 32.5. The Hall–Kier alpha value is -3.22. The van der Waals surface area contributed by atoms with E-state index in [0.717, 1.165) is 0 Å². The van der Waals surface area contributed by atoms with Gasteiger partial charge in [0.25, 0.3) is 0 Å². The lowest BCUT2D eigenvalue weighted by atomic mass is 10.1. The van der Waals surface area contributed by atoms with E-state index in [-0.39, 0.29) is 12.7 Å². The highest BCUT2D eigenvalue weighted by Crippen LogP contribution is 3.02. The summed E-state index contributed by atoms with van der Waals surface area (Å²) in [5.41, 5.74) is -1.68. The second-order valence-electron chi connectivity index (χ2n) is 5.97.